The minimum absolute atomic E-state index is 0.147. The highest BCUT2D eigenvalue weighted by Crippen LogP contribution is 2.36. The van der Waals surface area contributed by atoms with Crippen LogP contribution < -0.4 is 5.32 Å². The Hall–Kier alpha value is -0.770. The predicted octanol–water partition coefficient (Wildman–Crippen LogP) is 3.95. The first kappa shape index (κ1) is 17.6. The van der Waals surface area contributed by atoms with Crippen LogP contribution >= 0.6 is 0 Å². The maximum absolute atomic E-state index is 12.4. The van der Waals surface area contributed by atoms with E-state index in [1.54, 1.807) is 0 Å². The van der Waals surface area contributed by atoms with Gasteiger partial charge in [0.25, 0.3) is 0 Å². The number of piperidine rings is 1. The van der Waals surface area contributed by atoms with E-state index in [1.807, 2.05) is 25.7 Å². The van der Waals surface area contributed by atoms with Crippen molar-refractivity contribution in [3.63, 3.8) is 0 Å². The fourth-order valence-electron chi connectivity index (χ4n) is 3.72. The zero-order valence-corrected chi connectivity index (χ0v) is 14.9. The molecule has 1 aliphatic heterocycles. The van der Waals surface area contributed by atoms with Gasteiger partial charge in [-0.25, -0.2) is 4.79 Å². The number of ether oxygens (including phenoxy) is 1. The molecular formula is C18H34N2O2. The molecule has 1 heterocycles. The van der Waals surface area contributed by atoms with Crippen molar-refractivity contribution in [3.8, 4) is 0 Å². The smallest absolute Gasteiger partial charge is 0.410 e. The van der Waals surface area contributed by atoms with Gasteiger partial charge in [-0.15, -0.1) is 0 Å². The first-order chi connectivity index (χ1) is 10.3. The minimum Gasteiger partial charge on any atom is -0.444 e. The van der Waals surface area contributed by atoms with Crippen LogP contribution in [0.1, 0.15) is 72.6 Å². The summed E-state index contributed by atoms with van der Waals surface area (Å²) in [5.74, 6) is 0. The van der Waals surface area contributed by atoms with Gasteiger partial charge in [0.15, 0.2) is 0 Å². The fraction of sp³-hybridized carbons (Fsp3) is 0.944. The Bertz CT molecular complexity index is 370. The fourth-order valence-corrected chi connectivity index (χ4v) is 3.72. The molecule has 1 atom stereocenters. The quantitative estimate of drug-likeness (QED) is 0.855. The average molecular weight is 310 g/mol. The molecule has 0 spiro atoms. The van der Waals surface area contributed by atoms with Gasteiger partial charge >= 0.3 is 6.09 Å². The number of likely N-dealkylation sites (tertiary alicyclic amines) is 1. The summed E-state index contributed by atoms with van der Waals surface area (Å²) in [6.45, 7) is 11.0. The van der Waals surface area contributed by atoms with Crippen molar-refractivity contribution < 1.29 is 9.53 Å². The monoisotopic (exact) mass is 310 g/mol. The molecule has 128 valence electrons. The standard InChI is InChI=1S/C18H34N2O2/c1-17(2,3)22-16(21)20-12-8-5-9-15(20)13-19-14-18(4)10-6-7-11-18/h15,19H,5-14H2,1-4H3. The van der Waals surface area contributed by atoms with Gasteiger partial charge in [0.05, 0.1) is 0 Å². The van der Waals surface area contributed by atoms with Gasteiger partial charge in [-0.3, -0.25) is 0 Å². The summed E-state index contributed by atoms with van der Waals surface area (Å²) in [6.07, 6.45) is 8.64. The van der Waals surface area contributed by atoms with Gasteiger partial charge in [0, 0.05) is 25.7 Å². The summed E-state index contributed by atoms with van der Waals surface area (Å²) in [4.78, 5) is 14.3. The highest BCUT2D eigenvalue weighted by Gasteiger charge is 2.32. The van der Waals surface area contributed by atoms with Crippen molar-refractivity contribution in [1.82, 2.24) is 10.2 Å². The molecule has 4 heteroatoms. The highest BCUT2D eigenvalue weighted by molar-refractivity contribution is 5.68. The van der Waals surface area contributed by atoms with E-state index >= 15 is 0 Å². The molecular weight excluding hydrogens is 276 g/mol. The summed E-state index contributed by atoms with van der Waals surface area (Å²) in [7, 11) is 0. The van der Waals surface area contributed by atoms with Crippen molar-refractivity contribution in [1.29, 1.82) is 0 Å². The first-order valence-corrected chi connectivity index (χ1v) is 8.99. The van der Waals surface area contributed by atoms with Gasteiger partial charge in [-0.1, -0.05) is 19.8 Å². The van der Waals surface area contributed by atoms with Crippen LogP contribution in [0, 0.1) is 5.41 Å². The number of carbonyl (C=O) groups excluding carboxylic acids is 1. The molecule has 2 rings (SSSR count). The second-order valence-corrected chi connectivity index (χ2v) is 8.47. The normalized spacial score (nSPS) is 25.3. The number of nitrogens with one attached hydrogen (secondary N) is 1. The lowest BCUT2D eigenvalue weighted by Gasteiger charge is -2.37. The Labute approximate surface area is 136 Å². The van der Waals surface area contributed by atoms with E-state index in [0.29, 0.717) is 5.41 Å². The molecule has 2 fully saturated rings. The van der Waals surface area contributed by atoms with E-state index in [1.165, 1.54) is 32.1 Å². The summed E-state index contributed by atoms with van der Waals surface area (Å²) < 4.78 is 5.57. The number of carbonyl (C=O) groups is 1. The zero-order chi connectivity index (χ0) is 16.2. The van der Waals surface area contributed by atoms with Gasteiger partial charge in [0.1, 0.15) is 5.60 Å². The number of hydrogen-bond donors (Lipinski definition) is 1. The molecule has 1 saturated heterocycles. The van der Waals surface area contributed by atoms with Crippen molar-refractivity contribution in [2.75, 3.05) is 19.6 Å². The SMILES string of the molecule is CC1(CNCC2CCCCN2C(=O)OC(C)(C)C)CCCC1. The van der Waals surface area contributed by atoms with E-state index < -0.39 is 5.60 Å². The average Bonchev–Trinajstić information content (AvgIpc) is 2.84. The second kappa shape index (κ2) is 7.20. The van der Waals surface area contributed by atoms with Crippen molar-refractivity contribution >= 4 is 6.09 Å². The molecule has 1 unspecified atom stereocenters. The van der Waals surface area contributed by atoms with Crippen LogP contribution in [0.15, 0.2) is 0 Å². The molecule has 1 aliphatic carbocycles. The van der Waals surface area contributed by atoms with Gasteiger partial charge in [0.2, 0.25) is 0 Å². The van der Waals surface area contributed by atoms with Crippen molar-refractivity contribution in [2.24, 2.45) is 5.41 Å². The highest BCUT2D eigenvalue weighted by atomic mass is 16.6. The van der Waals surface area contributed by atoms with E-state index in [9.17, 15) is 4.79 Å². The molecule has 1 amide bonds. The first-order valence-electron chi connectivity index (χ1n) is 8.99. The Morgan fingerprint density at radius 1 is 1.23 bits per heavy atom. The molecule has 0 aromatic rings. The maximum atomic E-state index is 12.4. The zero-order valence-electron chi connectivity index (χ0n) is 14.9. The number of hydrogen-bond acceptors (Lipinski definition) is 3. The third kappa shape index (κ3) is 5.15. The summed E-state index contributed by atoms with van der Waals surface area (Å²) in [6, 6.07) is 0.286. The predicted molar refractivity (Wildman–Crippen MR) is 90.0 cm³/mol. The summed E-state index contributed by atoms with van der Waals surface area (Å²) in [5.41, 5.74) is 0.0508. The minimum atomic E-state index is -0.413. The summed E-state index contributed by atoms with van der Waals surface area (Å²) in [5, 5.41) is 3.64. The van der Waals surface area contributed by atoms with Gasteiger partial charge in [-0.05, 0) is 58.3 Å². The maximum Gasteiger partial charge on any atom is 0.410 e. The Balaban J connectivity index is 1.83. The molecule has 0 aromatic heterocycles. The van der Waals surface area contributed by atoms with Crippen LogP contribution in [-0.2, 0) is 4.74 Å². The van der Waals surface area contributed by atoms with Crippen LogP contribution in [0.3, 0.4) is 0 Å². The van der Waals surface area contributed by atoms with E-state index in [-0.39, 0.29) is 12.1 Å². The largest absolute Gasteiger partial charge is 0.444 e. The molecule has 1 saturated carbocycles. The second-order valence-electron chi connectivity index (χ2n) is 8.47. The van der Waals surface area contributed by atoms with Crippen LogP contribution in [0.4, 0.5) is 4.79 Å². The topological polar surface area (TPSA) is 41.6 Å². The van der Waals surface area contributed by atoms with Gasteiger partial charge < -0.3 is 15.0 Å². The van der Waals surface area contributed by atoms with Crippen molar-refractivity contribution in [2.45, 2.75) is 84.3 Å². The Morgan fingerprint density at radius 3 is 2.55 bits per heavy atom. The van der Waals surface area contributed by atoms with E-state index in [2.05, 4.69) is 12.2 Å². The number of amides is 1. The number of nitrogens with zero attached hydrogens (tertiary/aromatic N) is 1. The lowest BCUT2D eigenvalue weighted by atomic mass is 9.89. The molecule has 22 heavy (non-hydrogen) atoms. The third-order valence-electron chi connectivity index (χ3n) is 5.00. The van der Waals surface area contributed by atoms with E-state index in [4.69, 9.17) is 4.74 Å². The molecule has 0 aromatic carbocycles. The Morgan fingerprint density at radius 2 is 1.91 bits per heavy atom. The third-order valence-corrected chi connectivity index (χ3v) is 5.00. The molecule has 0 bridgehead atoms. The van der Waals surface area contributed by atoms with Crippen LogP contribution in [0.5, 0.6) is 0 Å². The molecule has 0 radical (unpaired) electrons. The van der Waals surface area contributed by atoms with Crippen molar-refractivity contribution in [3.05, 3.63) is 0 Å². The van der Waals surface area contributed by atoms with Crippen LogP contribution in [-0.4, -0.2) is 42.3 Å². The van der Waals surface area contributed by atoms with Gasteiger partial charge in [-0.2, -0.15) is 0 Å². The molecule has 4 nitrogen and oxygen atoms in total. The lowest BCUT2D eigenvalue weighted by Crippen LogP contribution is -2.50. The molecule has 1 N–H and O–H groups in total. The number of rotatable bonds is 4. The Kier molecular flexibility index (Phi) is 5.76. The summed E-state index contributed by atoms with van der Waals surface area (Å²) >= 11 is 0. The molecule has 2 aliphatic rings. The lowest BCUT2D eigenvalue weighted by molar-refractivity contribution is 0.00974. The van der Waals surface area contributed by atoms with Crippen LogP contribution in [0.25, 0.3) is 0 Å². The van der Waals surface area contributed by atoms with Crippen LogP contribution in [0.2, 0.25) is 0 Å². The van der Waals surface area contributed by atoms with E-state index in [0.717, 1.165) is 32.5 Å².